The van der Waals surface area contributed by atoms with Crippen LogP contribution in [0.5, 0.6) is 11.5 Å². The number of ether oxygens (including phenoxy) is 1. The van der Waals surface area contributed by atoms with Crippen LogP contribution in [-0.2, 0) is 0 Å². The molecule has 0 aliphatic rings. The van der Waals surface area contributed by atoms with Gasteiger partial charge in [0.05, 0.1) is 7.11 Å². The van der Waals surface area contributed by atoms with Crippen LogP contribution in [0.15, 0.2) is 12.1 Å². The van der Waals surface area contributed by atoms with Gasteiger partial charge in [0.25, 0.3) is 0 Å². The van der Waals surface area contributed by atoms with Crippen LogP contribution in [0.3, 0.4) is 0 Å². The molecule has 0 saturated carbocycles. The molecule has 0 aliphatic carbocycles. The fourth-order valence-electron chi connectivity index (χ4n) is 0.995. The zero-order valence-electron chi connectivity index (χ0n) is 7.26. The molecule has 2 N–H and O–H groups in total. The second-order valence-corrected chi connectivity index (χ2v) is 2.42. The van der Waals surface area contributed by atoms with Crippen molar-refractivity contribution >= 4 is 11.7 Å². The Labute approximate surface area is 79.0 Å². The molecule has 0 aliphatic heterocycles. The van der Waals surface area contributed by atoms with Gasteiger partial charge < -0.3 is 14.9 Å². The standard InChI is InChI=1S/C8H6N2O4/c1-14-5-3-2-4(8(12)13)7(11)6(5)10-9/h2-3H,1H3,(H-,11,12,13)/p+1. The van der Waals surface area contributed by atoms with Crippen molar-refractivity contribution in [1.82, 2.24) is 0 Å². The highest BCUT2D eigenvalue weighted by Gasteiger charge is 2.27. The summed E-state index contributed by atoms with van der Waals surface area (Å²) in [7, 11) is 1.31. The van der Waals surface area contributed by atoms with Gasteiger partial charge in [-0.05, 0) is 12.1 Å². The van der Waals surface area contributed by atoms with E-state index in [4.69, 9.17) is 15.2 Å². The minimum Gasteiger partial charge on any atom is -0.501 e. The van der Waals surface area contributed by atoms with E-state index in [9.17, 15) is 9.90 Å². The predicted molar refractivity (Wildman–Crippen MR) is 46.4 cm³/mol. The minimum atomic E-state index is -1.31. The average Bonchev–Trinajstić information content (AvgIpc) is 2.16. The number of carboxylic acid groups (broad SMARTS) is 1. The largest absolute Gasteiger partial charge is 0.501 e. The number of hydrogen-bond acceptors (Lipinski definition) is 4. The number of nitrogens with zero attached hydrogens (tertiary/aromatic N) is 2. The summed E-state index contributed by atoms with van der Waals surface area (Å²) in [6.07, 6.45) is 0. The Kier molecular flexibility index (Phi) is 2.53. The van der Waals surface area contributed by atoms with Crippen LogP contribution in [0.25, 0.3) is 4.98 Å². The summed E-state index contributed by atoms with van der Waals surface area (Å²) in [6, 6.07) is 2.45. The highest BCUT2D eigenvalue weighted by Crippen LogP contribution is 2.39. The van der Waals surface area contributed by atoms with Gasteiger partial charge >= 0.3 is 11.7 Å². The van der Waals surface area contributed by atoms with Crippen molar-refractivity contribution in [3.63, 3.8) is 0 Å². The molecule has 0 saturated heterocycles. The lowest BCUT2D eigenvalue weighted by atomic mass is 10.1. The fourth-order valence-corrected chi connectivity index (χ4v) is 0.995. The lowest BCUT2D eigenvalue weighted by Gasteiger charge is -1.99. The molecule has 0 amide bonds. The van der Waals surface area contributed by atoms with E-state index in [-0.39, 0.29) is 17.0 Å². The van der Waals surface area contributed by atoms with Gasteiger partial charge in [0.1, 0.15) is 5.56 Å². The molecule has 1 rings (SSSR count). The van der Waals surface area contributed by atoms with Crippen molar-refractivity contribution < 1.29 is 19.7 Å². The van der Waals surface area contributed by atoms with Crippen LogP contribution < -0.4 is 4.74 Å². The molecule has 1 aromatic rings. The molecular weight excluding hydrogens is 188 g/mol. The van der Waals surface area contributed by atoms with Crippen LogP contribution in [-0.4, -0.2) is 23.3 Å². The number of phenols is 1. The number of rotatable bonds is 2. The van der Waals surface area contributed by atoms with E-state index in [0.29, 0.717) is 0 Å². The van der Waals surface area contributed by atoms with E-state index < -0.39 is 11.7 Å². The molecule has 6 heteroatoms. The first-order chi connectivity index (χ1) is 6.61. The molecule has 0 atom stereocenters. The molecule has 0 bridgehead atoms. The summed E-state index contributed by atoms with van der Waals surface area (Å²) in [4.78, 5) is 13.3. The number of carbonyl (C=O) groups is 1. The molecular formula is C8H7N2O4+. The number of benzene rings is 1. The van der Waals surface area contributed by atoms with Crippen LogP contribution in [0, 0.1) is 5.39 Å². The molecule has 0 heterocycles. The van der Waals surface area contributed by atoms with Crippen molar-refractivity contribution in [3.8, 4) is 11.5 Å². The highest BCUT2D eigenvalue weighted by molar-refractivity contribution is 5.94. The van der Waals surface area contributed by atoms with E-state index in [1.54, 1.807) is 0 Å². The van der Waals surface area contributed by atoms with Crippen LogP contribution in [0.2, 0.25) is 0 Å². The van der Waals surface area contributed by atoms with Crippen molar-refractivity contribution in [2.24, 2.45) is 0 Å². The minimum absolute atomic E-state index is 0.0926. The smallest absolute Gasteiger partial charge is 0.468 e. The lowest BCUT2D eigenvalue weighted by Crippen LogP contribution is -1.97. The maximum Gasteiger partial charge on any atom is 0.468 e. The molecule has 0 radical (unpaired) electrons. The van der Waals surface area contributed by atoms with Gasteiger partial charge in [0.2, 0.25) is 16.9 Å². The second kappa shape index (κ2) is 3.62. The Morgan fingerprint density at radius 2 is 2.21 bits per heavy atom. The van der Waals surface area contributed by atoms with E-state index >= 15 is 0 Å². The zero-order chi connectivity index (χ0) is 10.7. The predicted octanol–water partition coefficient (Wildman–Crippen LogP) is 1.58. The van der Waals surface area contributed by atoms with E-state index in [2.05, 4.69) is 4.98 Å². The first kappa shape index (κ1) is 9.80. The first-order valence-corrected chi connectivity index (χ1v) is 3.60. The lowest BCUT2D eigenvalue weighted by molar-refractivity contribution is 0.0694. The Morgan fingerprint density at radius 3 is 2.64 bits per heavy atom. The van der Waals surface area contributed by atoms with Crippen LogP contribution >= 0.6 is 0 Å². The van der Waals surface area contributed by atoms with E-state index in [1.165, 1.54) is 13.2 Å². The molecule has 0 aromatic heterocycles. The molecule has 14 heavy (non-hydrogen) atoms. The summed E-state index contributed by atoms with van der Waals surface area (Å²) in [5.41, 5.74) is -0.647. The van der Waals surface area contributed by atoms with Crippen molar-refractivity contribution in [2.75, 3.05) is 7.11 Å². The summed E-state index contributed by atoms with van der Waals surface area (Å²) in [6.45, 7) is 0. The molecule has 6 nitrogen and oxygen atoms in total. The Hall–Kier alpha value is -2.29. The maximum atomic E-state index is 10.6. The highest BCUT2D eigenvalue weighted by atomic mass is 16.5. The molecule has 72 valence electrons. The Bertz CT molecular complexity index is 422. The zero-order valence-corrected chi connectivity index (χ0v) is 7.26. The van der Waals surface area contributed by atoms with Gasteiger partial charge in [0.15, 0.2) is 4.98 Å². The molecule has 0 fully saturated rings. The number of aromatic hydroxyl groups is 1. The quantitative estimate of drug-likeness (QED) is 0.698. The topological polar surface area (TPSA) is 94.9 Å². The van der Waals surface area contributed by atoms with E-state index in [1.807, 2.05) is 0 Å². The molecule has 1 aromatic carbocycles. The summed E-state index contributed by atoms with van der Waals surface area (Å²) >= 11 is 0. The summed E-state index contributed by atoms with van der Waals surface area (Å²) in [5.74, 6) is -1.84. The normalized spacial score (nSPS) is 9.14. The molecule has 0 spiro atoms. The van der Waals surface area contributed by atoms with Crippen molar-refractivity contribution in [3.05, 3.63) is 22.7 Å². The third-order valence-corrected chi connectivity index (χ3v) is 1.66. The second-order valence-electron chi connectivity index (χ2n) is 2.42. The van der Waals surface area contributed by atoms with Crippen LogP contribution in [0.1, 0.15) is 10.4 Å². The number of hydrogen-bond donors (Lipinski definition) is 2. The Balaban J connectivity index is 3.44. The Morgan fingerprint density at radius 1 is 1.57 bits per heavy atom. The third-order valence-electron chi connectivity index (χ3n) is 1.66. The first-order valence-electron chi connectivity index (χ1n) is 3.60. The molecule has 0 unspecified atom stereocenters. The number of methoxy groups -OCH3 is 1. The monoisotopic (exact) mass is 195 g/mol. The van der Waals surface area contributed by atoms with Gasteiger partial charge in [-0.15, -0.1) is 0 Å². The van der Waals surface area contributed by atoms with Gasteiger partial charge in [-0.25, -0.2) is 4.79 Å². The fraction of sp³-hybridized carbons (Fsp3) is 0.125. The third kappa shape index (κ3) is 1.43. The van der Waals surface area contributed by atoms with E-state index in [0.717, 1.165) is 6.07 Å². The van der Waals surface area contributed by atoms with Crippen molar-refractivity contribution in [2.45, 2.75) is 0 Å². The van der Waals surface area contributed by atoms with Gasteiger partial charge in [-0.2, -0.15) is 0 Å². The number of aromatic carboxylic acids is 1. The summed E-state index contributed by atoms with van der Waals surface area (Å²) < 4.78 is 4.75. The maximum absolute atomic E-state index is 10.6. The number of carboxylic acids is 1. The SMILES string of the molecule is COc1ccc(C(=O)O)c(O)c1[N+]#N. The number of diazo groups is 1. The van der Waals surface area contributed by atoms with Crippen molar-refractivity contribution in [1.29, 1.82) is 5.39 Å². The summed E-state index contributed by atoms with van der Waals surface area (Å²) in [5, 5.41) is 26.5. The van der Waals surface area contributed by atoms with Gasteiger partial charge in [-0.3, -0.25) is 0 Å². The average molecular weight is 195 g/mol. The van der Waals surface area contributed by atoms with Crippen LogP contribution in [0.4, 0.5) is 5.69 Å². The van der Waals surface area contributed by atoms with Gasteiger partial charge in [0, 0.05) is 0 Å². The van der Waals surface area contributed by atoms with Gasteiger partial charge in [-0.1, -0.05) is 0 Å².